The minimum Gasteiger partial charge on any atom is -0.377 e. The van der Waals surface area contributed by atoms with Crippen molar-refractivity contribution in [3.05, 3.63) is 33.8 Å². The Balaban J connectivity index is 2.09. The van der Waals surface area contributed by atoms with Crippen molar-refractivity contribution in [2.45, 2.75) is 31.4 Å². The summed E-state index contributed by atoms with van der Waals surface area (Å²) in [6.07, 6.45) is 3.01. The predicted octanol–water partition coefficient (Wildman–Crippen LogP) is 2.55. The van der Waals surface area contributed by atoms with Gasteiger partial charge in [0.1, 0.15) is 0 Å². The molecular formula is C12H16Cl2N2O. The fourth-order valence-electron chi connectivity index (χ4n) is 2.16. The molecule has 0 spiro atoms. The Labute approximate surface area is 111 Å². The van der Waals surface area contributed by atoms with Gasteiger partial charge in [-0.15, -0.1) is 0 Å². The molecule has 0 radical (unpaired) electrons. The van der Waals surface area contributed by atoms with Gasteiger partial charge >= 0.3 is 0 Å². The standard InChI is InChI=1S/C12H16Cl2N2O/c13-9-4-1-3-8(12(9)14)7-10(16-15)11-5-2-6-17-11/h1,3-4,10-11,16H,2,5-7,15H2. The number of benzene rings is 1. The molecule has 0 saturated carbocycles. The summed E-state index contributed by atoms with van der Waals surface area (Å²) < 4.78 is 5.63. The van der Waals surface area contributed by atoms with Crippen molar-refractivity contribution >= 4 is 23.2 Å². The van der Waals surface area contributed by atoms with E-state index in [0.717, 1.165) is 31.4 Å². The van der Waals surface area contributed by atoms with Gasteiger partial charge in [-0.3, -0.25) is 11.3 Å². The second-order valence-corrected chi connectivity index (χ2v) is 5.03. The quantitative estimate of drug-likeness (QED) is 0.655. The number of ether oxygens (including phenoxy) is 1. The first-order chi connectivity index (χ1) is 8.22. The Bertz CT molecular complexity index is 381. The van der Waals surface area contributed by atoms with Crippen LogP contribution >= 0.6 is 23.2 Å². The zero-order valence-electron chi connectivity index (χ0n) is 9.46. The lowest BCUT2D eigenvalue weighted by Gasteiger charge is -2.22. The van der Waals surface area contributed by atoms with Gasteiger partial charge in [-0.05, 0) is 30.9 Å². The van der Waals surface area contributed by atoms with Crippen molar-refractivity contribution in [3.8, 4) is 0 Å². The van der Waals surface area contributed by atoms with Gasteiger partial charge in [-0.2, -0.15) is 0 Å². The maximum absolute atomic E-state index is 6.16. The third-order valence-electron chi connectivity index (χ3n) is 3.10. The Hall–Kier alpha value is -0.320. The van der Waals surface area contributed by atoms with Crippen molar-refractivity contribution in [2.24, 2.45) is 5.84 Å². The Morgan fingerprint density at radius 3 is 2.94 bits per heavy atom. The van der Waals surface area contributed by atoms with Gasteiger partial charge in [-0.25, -0.2) is 0 Å². The van der Waals surface area contributed by atoms with Crippen LogP contribution in [0.15, 0.2) is 18.2 Å². The van der Waals surface area contributed by atoms with Crippen LogP contribution in [-0.4, -0.2) is 18.8 Å². The van der Waals surface area contributed by atoms with E-state index >= 15 is 0 Å². The van der Waals surface area contributed by atoms with Gasteiger partial charge in [-0.1, -0.05) is 35.3 Å². The van der Waals surface area contributed by atoms with Gasteiger partial charge in [0.05, 0.1) is 22.2 Å². The van der Waals surface area contributed by atoms with Crippen LogP contribution in [-0.2, 0) is 11.2 Å². The first-order valence-corrected chi connectivity index (χ1v) is 6.48. The second-order valence-electron chi connectivity index (χ2n) is 4.24. The van der Waals surface area contributed by atoms with Crippen LogP contribution in [0.1, 0.15) is 18.4 Å². The number of nitrogens with one attached hydrogen (secondary N) is 1. The smallest absolute Gasteiger partial charge is 0.0745 e. The Morgan fingerprint density at radius 2 is 2.29 bits per heavy atom. The SMILES string of the molecule is NNC(Cc1cccc(Cl)c1Cl)C1CCCO1. The molecule has 94 valence electrons. The lowest BCUT2D eigenvalue weighted by Crippen LogP contribution is -2.45. The number of rotatable bonds is 4. The Kier molecular flexibility index (Phi) is 4.65. The van der Waals surface area contributed by atoms with Crippen LogP contribution in [0, 0.1) is 0 Å². The molecule has 2 atom stereocenters. The van der Waals surface area contributed by atoms with Gasteiger partial charge in [0.25, 0.3) is 0 Å². The van der Waals surface area contributed by atoms with Gasteiger partial charge in [0.2, 0.25) is 0 Å². The molecule has 0 aliphatic carbocycles. The molecule has 1 fully saturated rings. The summed E-state index contributed by atoms with van der Waals surface area (Å²) in [5.74, 6) is 5.58. The lowest BCUT2D eigenvalue weighted by molar-refractivity contribution is 0.0784. The highest BCUT2D eigenvalue weighted by Crippen LogP contribution is 2.28. The highest BCUT2D eigenvalue weighted by Gasteiger charge is 2.25. The average molecular weight is 275 g/mol. The van der Waals surface area contributed by atoms with Crippen LogP contribution in [0.3, 0.4) is 0 Å². The third kappa shape index (κ3) is 3.12. The number of nitrogens with two attached hydrogens (primary N) is 1. The molecule has 17 heavy (non-hydrogen) atoms. The molecule has 2 unspecified atom stereocenters. The molecule has 0 amide bonds. The number of halogens is 2. The van der Waals surface area contributed by atoms with E-state index in [1.807, 2.05) is 12.1 Å². The summed E-state index contributed by atoms with van der Waals surface area (Å²) in [4.78, 5) is 0. The van der Waals surface area contributed by atoms with E-state index < -0.39 is 0 Å². The molecule has 1 aliphatic rings. The summed E-state index contributed by atoms with van der Waals surface area (Å²) in [6, 6.07) is 5.72. The number of hydrazine groups is 1. The van der Waals surface area contributed by atoms with Crippen LogP contribution in [0.4, 0.5) is 0 Å². The fourth-order valence-corrected chi connectivity index (χ4v) is 2.56. The van der Waals surface area contributed by atoms with Crippen LogP contribution in [0.2, 0.25) is 10.0 Å². The predicted molar refractivity (Wildman–Crippen MR) is 70.3 cm³/mol. The summed E-state index contributed by atoms with van der Waals surface area (Å²) in [5.41, 5.74) is 3.81. The minimum absolute atomic E-state index is 0.0773. The van der Waals surface area contributed by atoms with Crippen LogP contribution in [0.25, 0.3) is 0 Å². The molecule has 1 aliphatic heterocycles. The van der Waals surface area contributed by atoms with Crippen molar-refractivity contribution in [3.63, 3.8) is 0 Å². The molecule has 0 aromatic heterocycles. The number of hydrogen-bond acceptors (Lipinski definition) is 3. The van der Waals surface area contributed by atoms with E-state index in [4.69, 9.17) is 33.8 Å². The molecule has 3 N–H and O–H groups in total. The maximum atomic E-state index is 6.16. The number of hydrogen-bond donors (Lipinski definition) is 2. The molecule has 1 heterocycles. The third-order valence-corrected chi connectivity index (χ3v) is 3.96. The summed E-state index contributed by atoms with van der Waals surface area (Å²) in [5, 5.41) is 1.18. The average Bonchev–Trinajstić information content (AvgIpc) is 2.85. The zero-order chi connectivity index (χ0) is 12.3. The lowest BCUT2D eigenvalue weighted by atomic mass is 10.00. The highest BCUT2D eigenvalue weighted by atomic mass is 35.5. The summed E-state index contributed by atoms with van der Waals surface area (Å²) in [6.45, 7) is 0.812. The monoisotopic (exact) mass is 274 g/mol. The normalized spacial score (nSPS) is 21.7. The van der Waals surface area contributed by atoms with Gasteiger partial charge < -0.3 is 4.74 Å². The molecule has 1 aromatic carbocycles. The van der Waals surface area contributed by atoms with Crippen LogP contribution < -0.4 is 11.3 Å². The van der Waals surface area contributed by atoms with Crippen molar-refractivity contribution in [1.29, 1.82) is 0 Å². The van der Waals surface area contributed by atoms with E-state index in [-0.39, 0.29) is 12.1 Å². The second kappa shape index (κ2) is 6.03. The fraction of sp³-hybridized carbons (Fsp3) is 0.500. The zero-order valence-corrected chi connectivity index (χ0v) is 11.0. The van der Waals surface area contributed by atoms with Crippen molar-refractivity contribution in [2.75, 3.05) is 6.61 Å². The first kappa shape index (κ1) is 13.1. The first-order valence-electron chi connectivity index (χ1n) is 5.73. The largest absolute Gasteiger partial charge is 0.377 e. The maximum Gasteiger partial charge on any atom is 0.0745 e. The molecule has 3 nitrogen and oxygen atoms in total. The summed E-state index contributed by atoms with van der Waals surface area (Å²) in [7, 11) is 0. The van der Waals surface area contributed by atoms with Crippen molar-refractivity contribution in [1.82, 2.24) is 5.43 Å². The van der Waals surface area contributed by atoms with E-state index in [1.54, 1.807) is 6.07 Å². The summed E-state index contributed by atoms with van der Waals surface area (Å²) >= 11 is 12.1. The van der Waals surface area contributed by atoms with E-state index in [2.05, 4.69) is 5.43 Å². The van der Waals surface area contributed by atoms with E-state index in [0.29, 0.717) is 10.0 Å². The molecule has 2 rings (SSSR count). The molecule has 5 heteroatoms. The molecular weight excluding hydrogens is 259 g/mol. The van der Waals surface area contributed by atoms with Gasteiger partial charge in [0, 0.05) is 6.61 Å². The highest BCUT2D eigenvalue weighted by molar-refractivity contribution is 6.42. The topological polar surface area (TPSA) is 47.3 Å². The van der Waals surface area contributed by atoms with E-state index in [1.165, 1.54) is 0 Å². The van der Waals surface area contributed by atoms with Crippen LogP contribution in [0.5, 0.6) is 0 Å². The Morgan fingerprint density at radius 1 is 1.47 bits per heavy atom. The molecule has 1 saturated heterocycles. The van der Waals surface area contributed by atoms with Crippen molar-refractivity contribution < 1.29 is 4.74 Å². The van der Waals surface area contributed by atoms with E-state index in [9.17, 15) is 0 Å². The minimum atomic E-state index is 0.0773. The molecule has 1 aromatic rings. The van der Waals surface area contributed by atoms with Gasteiger partial charge in [0.15, 0.2) is 0 Å². The molecule has 0 bridgehead atoms.